The van der Waals surface area contributed by atoms with E-state index in [1.54, 1.807) is 36.4 Å². The maximum absolute atomic E-state index is 13.4. The quantitative estimate of drug-likeness (QED) is 0.373. The highest BCUT2D eigenvalue weighted by atomic mass is 35.5. The third kappa shape index (κ3) is 5.32. The van der Waals surface area contributed by atoms with Crippen molar-refractivity contribution < 1.29 is 17.9 Å². The lowest BCUT2D eigenvalue weighted by Gasteiger charge is -2.24. The Hall–Kier alpha value is -3.55. The molecule has 0 aromatic heterocycles. The lowest BCUT2D eigenvalue weighted by Crippen LogP contribution is -2.40. The molecule has 34 heavy (non-hydrogen) atoms. The minimum atomic E-state index is -4.02. The maximum Gasteiger partial charge on any atom is 0.264 e. The van der Waals surface area contributed by atoms with Crippen LogP contribution in [-0.2, 0) is 21.4 Å². The number of hydrogen-bond acceptors (Lipinski definition) is 4. The van der Waals surface area contributed by atoms with E-state index in [1.807, 2.05) is 42.5 Å². The predicted octanol–water partition coefficient (Wildman–Crippen LogP) is 5.01. The molecule has 0 aliphatic carbocycles. The summed E-state index contributed by atoms with van der Waals surface area (Å²) in [4.78, 5) is 12.9. The molecular weight excluding hydrogens is 472 g/mol. The number of ether oxygens (including phenoxy) is 1. The molecule has 0 saturated carbocycles. The molecule has 6 nitrogen and oxygen atoms in total. The molecule has 1 amide bonds. The fourth-order valence-corrected chi connectivity index (χ4v) is 5.08. The first-order chi connectivity index (χ1) is 16.4. The number of methoxy groups -OCH3 is 1. The van der Waals surface area contributed by atoms with E-state index in [-0.39, 0.29) is 18.0 Å². The Morgan fingerprint density at radius 1 is 0.912 bits per heavy atom. The minimum absolute atomic E-state index is 0.0468. The number of hydrogen-bond donors (Lipinski definition) is 1. The Morgan fingerprint density at radius 3 is 2.26 bits per heavy atom. The van der Waals surface area contributed by atoms with Gasteiger partial charge >= 0.3 is 0 Å². The van der Waals surface area contributed by atoms with Gasteiger partial charge < -0.3 is 10.1 Å². The van der Waals surface area contributed by atoms with Crippen LogP contribution in [0.5, 0.6) is 5.75 Å². The van der Waals surface area contributed by atoms with Gasteiger partial charge in [-0.3, -0.25) is 9.10 Å². The Kier molecular flexibility index (Phi) is 7.05. The van der Waals surface area contributed by atoms with Crippen LogP contribution in [-0.4, -0.2) is 28.0 Å². The summed E-state index contributed by atoms with van der Waals surface area (Å²) in [6, 6.07) is 26.2. The van der Waals surface area contributed by atoms with Gasteiger partial charge in [0.05, 0.1) is 17.7 Å². The highest BCUT2D eigenvalue weighted by Crippen LogP contribution is 2.26. The van der Waals surface area contributed by atoms with Crippen molar-refractivity contribution in [2.24, 2.45) is 0 Å². The SMILES string of the molecule is COc1ccc(S(=O)(=O)N(CC(=O)NCc2ccc3ccccc3c2)c2ccc(Cl)cc2)cc1. The lowest BCUT2D eigenvalue weighted by atomic mass is 10.1. The fraction of sp³-hybridized carbons (Fsp3) is 0.115. The predicted molar refractivity (Wildman–Crippen MR) is 135 cm³/mol. The van der Waals surface area contributed by atoms with Gasteiger partial charge in [-0.25, -0.2) is 8.42 Å². The van der Waals surface area contributed by atoms with E-state index in [1.165, 1.54) is 19.2 Å². The first kappa shape index (κ1) is 23.6. The van der Waals surface area contributed by atoms with Gasteiger partial charge in [0.1, 0.15) is 12.3 Å². The molecule has 174 valence electrons. The Labute approximate surface area is 203 Å². The average molecular weight is 495 g/mol. The molecule has 0 atom stereocenters. The molecular formula is C26H23ClN2O4S. The Morgan fingerprint density at radius 2 is 1.59 bits per heavy atom. The van der Waals surface area contributed by atoms with Crippen LogP contribution >= 0.6 is 11.6 Å². The number of sulfonamides is 1. The van der Waals surface area contributed by atoms with Crippen LogP contribution in [0.3, 0.4) is 0 Å². The van der Waals surface area contributed by atoms with Crippen LogP contribution in [0.25, 0.3) is 10.8 Å². The number of amides is 1. The van der Waals surface area contributed by atoms with E-state index < -0.39 is 15.9 Å². The topological polar surface area (TPSA) is 75.7 Å². The van der Waals surface area contributed by atoms with E-state index in [0.29, 0.717) is 16.5 Å². The van der Waals surface area contributed by atoms with Crippen molar-refractivity contribution in [1.82, 2.24) is 5.32 Å². The summed E-state index contributed by atoms with van der Waals surface area (Å²) in [5.74, 6) is 0.102. The van der Waals surface area contributed by atoms with Gasteiger partial charge in [0, 0.05) is 11.6 Å². The number of halogens is 1. The van der Waals surface area contributed by atoms with Gasteiger partial charge in [0.2, 0.25) is 5.91 Å². The minimum Gasteiger partial charge on any atom is -0.497 e. The smallest absolute Gasteiger partial charge is 0.264 e. The zero-order valence-corrected chi connectivity index (χ0v) is 20.0. The Balaban J connectivity index is 1.55. The third-order valence-electron chi connectivity index (χ3n) is 5.35. The van der Waals surface area contributed by atoms with Gasteiger partial charge in [-0.05, 0) is 70.9 Å². The summed E-state index contributed by atoms with van der Waals surface area (Å²) >= 11 is 5.98. The van der Waals surface area contributed by atoms with Crippen LogP contribution in [0, 0.1) is 0 Å². The van der Waals surface area contributed by atoms with Crippen molar-refractivity contribution in [2.45, 2.75) is 11.4 Å². The molecule has 0 aliphatic rings. The van der Waals surface area contributed by atoms with E-state index in [2.05, 4.69) is 5.32 Å². The largest absolute Gasteiger partial charge is 0.497 e. The van der Waals surface area contributed by atoms with Crippen molar-refractivity contribution in [1.29, 1.82) is 0 Å². The van der Waals surface area contributed by atoms with Gasteiger partial charge in [-0.2, -0.15) is 0 Å². The number of fused-ring (bicyclic) bond motifs is 1. The van der Waals surface area contributed by atoms with E-state index in [4.69, 9.17) is 16.3 Å². The molecule has 0 spiro atoms. The number of anilines is 1. The van der Waals surface area contributed by atoms with Crippen LogP contribution < -0.4 is 14.4 Å². The maximum atomic E-state index is 13.4. The van der Waals surface area contributed by atoms with Crippen molar-refractivity contribution in [2.75, 3.05) is 18.0 Å². The van der Waals surface area contributed by atoms with E-state index >= 15 is 0 Å². The molecule has 4 aromatic rings. The van der Waals surface area contributed by atoms with E-state index in [0.717, 1.165) is 20.6 Å². The van der Waals surface area contributed by atoms with Gasteiger partial charge in [-0.15, -0.1) is 0 Å². The summed E-state index contributed by atoms with van der Waals surface area (Å²) in [6.07, 6.45) is 0. The van der Waals surface area contributed by atoms with Crippen molar-refractivity contribution in [3.05, 3.63) is 102 Å². The first-order valence-corrected chi connectivity index (χ1v) is 12.4. The molecule has 0 heterocycles. The third-order valence-corrected chi connectivity index (χ3v) is 7.39. The van der Waals surface area contributed by atoms with Crippen molar-refractivity contribution in [3.8, 4) is 5.75 Å². The lowest BCUT2D eigenvalue weighted by molar-refractivity contribution is -0.119. The number of carbonyl (C=O) groups excluding carboxylic acids is 1. The molecule has 8 heteroatoms. The summed E-state index contributed by atoms with van der Waals surface area (Å²) in [5, 5.41) is 5.47. The summed E-state index contributed by atoms with van der Waals surface area (Å²) < 4.78 is 33.1. The van der Waals surface area contributed by atoms with Gasteiger partial charge in [0.15, 0.2) is 0 Å². The average Bonchev–Trinajstić information content (AvgIpc) is 2.86. The van der Waals surface area contributed by atoms with Crippen LogP contribution in [0.1, 0.15) is 5.56 Å². The Bertz CT molecular complexity index is 1410. The zero-order chi connectivity index (χ0) is 24.1. The van der Waals surface area contributed by atoms with Gasteiger partial charge in [0.25, 0.3) is 10.0 Å². The number of benzene rings is 4. The van der Waals surface area contributed by atoms with Crippen LogP contribution in [0.15, 0.2) is 95.9 Å². The number of carbonyl (C=O) groups is 1. The number of nitrogens with one attached hydrogen (secondary N) is 1. The number of nitrogens with zero attached hydrogens (tertiary/aromatic N) is 1. The first-order valence-electron chi connectivity index (χ1n) is 10.5. The number of rotatable bonds is 8. The van der Waals surface area contributed by atoms with E-state index in [9.17, 15) is 13.2 Å². The van der Waals surface area contributed by atoms with Crippen molar-refractivity contribution >= 4 is 44.0 Å². The molecule has 0 fully saturated rings. The molecule has 0 radical (unpaired) electrons. The highest BCUT2D eigenvalue weighted by molar-refractivity contribution is 7.92. The molecule has 0 saturated heterocycles. The molecule has 4 rings (SSSR count). The highest BCUT2D eigenvalue weighted by Gasteiger charge is 2.27. The summed E-state index contributed by atoms with van der Waals surface area (Å²) in [5.41, 5.74) is 1.25. The second-order valence-electron chi connectivity index (χ2n) is 7.62. The molecule has 0 unspecified atom stereocenters. The fourth-order valence-electron chi connectivity index (χ4n) is 3.53. The molecule has 0 bridgehead atoms. The standard InChI is InChI=1S/C26H23ClN2O4S/c1-33-24-12-14-25(15-13-24)34(31,32)29(23-10-8-22(27)9-11-23)18-26(30)28-17-19-6-7-20-4-2-3-5-21(20)16-19/h2-16H,17-18H2,1H3,(H,28,30). The van der Waals surface area contributed by atoms with Crippen molar-refractivity contribution in [3.63, 3.8) is 0 Å². The second-order valence-corrected chi connectivity index (χ2v) is 9.92. The monoisotopic (exact) mass is 494 g/mol. The molecule has 0 aliphatic heterocycles. The van der Waals surface area contributed by atoms with Crippen LogP contribution in [0.2, 0.25) is 5.02 Å². The molecule has 4 aromatic carbocycles. The molecule has 1 N–H and O–H groups in total. The second kappa shape index (κ2) is 10.2. The zero-order valence-electron chi connectivity index (χ0n) is 18.4. The summed E-state index contributed by atoms with van der Waals surface area (Å²) in [6.45, 7) is -0.107. The summed E-state index contributed by atoms with van der Waals surface area (Å²) in [7, 11) is -2.52. The normalized spacial score (nSPS) is 11.2. The van der Waals surface area contributed by atoms with Crippen LogP contribution in [0.4, 0.5) is 5.69 Å². The van der Waals surface area contributed by atoms with Gasteiger partial charge in [-0.1, -0.05) is 48.0 Å².